The summed E-state index contributed by atoms with van der Waals surface area (Å²) in [5.74, 6) is 0.00107. The molecule has 0 aromatic heterocycles. The molecule has 4 nitrogen and oxygen atoms in total. The van der Waals surface area contributed by atoms with E-state index in [9.17, 15) is 9.59 Å². The molecule has 1 heterocycles. The summed E-state index contributed by atoms with van der Waals surface area (Å²) in [7, 11) is 0. The van der Waals surface area contributed by atoms with Gasteiger partial charge in [-0.25, -0.2) is 4.79 Å². The predicted octanol–water partition coefficient (Wildman–Crippen LogP) is 2.49. The highest BCUT2D eigenvalue weighted by molar-refractivity contribution is 6.01. The molecule has 0 unspecified atom stereocenters. The summed E-state index contributed by atoms with van der Waals surface area (Å²) in [6.07, 6.45) is 1.18. The second kappa shape index (κ2) is 5.67. The van der Waals surface area contributed by atoms with Gasteiger partial charge < -0.3 is 4.74 Å². The summed E-state index contributed by atoms with van der Waals surface area (Å²) in [5, 5.41) is 0. The fraction of sp³-hybridized carbons (Fsp3) is 0.429. The van der Waals surface area contributed by atoms with Gasteiger partial charge in [-0.1, -0.05) is 30.3 Å². The van der Waals surface area contributed by atoms with Crippen LogP contribution in [0.5, 0.6) is 0 Å². The third-order valence-electron chi connectivity index (χ3n) is 3.12. The predicted molar refractivity (Wildman–Crippen MR) is 67.5 cm³/mol. The van der Waals surface area contributed by atoms with Crippen molar-refractivity contribution in [3.63, 3.8) is 0 Å². The van der Waals surface area contributed by atoms with Crippen LogP contribution in [-0.4, -0.2) is 36.0 Å². The number of ketones is 1. The Morgan fingerprint density at radius 2 is 2.06 bits per heavy atom. The molecule has 18 heavy (non-hydrogen) atoms. The molecule has 1 atom stereocenters. The van der Waals surface area contributed by atoms with E-state index in [0.29, 0.717) is 25.1 Å². The lowest BCUT2D eigenvalue weighted by Crippen LogP contribution is -2.40. The van der Waals surface area contributed by atoms with E-state index in [-0.39, 0.29) is 17.9 Å². The SMILES string of the molecule is CCOC(=O)N1CCC[C@@H]1C(=O)c1ccccc1. The average Bonchev–Trinajstić information content (AvgIpc) is 2.88. The van der Waals surface area contributed by atoms with Crippen molar-refractivity contribution in [1.82, 2.24) is 4.90 Å². The molecule has 1 aliphatic rings. The second-order valence-electron chi connectivity index (χ2n) is 4.28. The highest BCUT2D eigenvalue weighted by Gasteiger charge is 2.35. The molecule has 96 valence electrons. The maximum absolute atomic E-state index is 12.3. The number of hydrogen-bond donors (Lipinski definition) is 0. The van der Waals surface area contributed by atoms with Crippen LogP contribution in [0, 0.1) is 0 Å². The van der Waals surface area contributed by atoms with Gasteiger partial charge in [-0.2, -0.15) is 0 Å². The molecule has 0 saturated carbocycles. The molecule has 0 spiro atoms. The van der Waals surface area contributed by atoms with E-state index >= 15 is 0 Å². The third-order valence-corrected chi connectivity index (χ3v) is 3.12. The largest absolute Gasteiger partial charge is 0.450 e. The Kier molecular flexibility index (Phi) is 3.97. The number of ether oxygens (including phenoxy) is 1. The fourth-order valence-electron chi connectivity index (χ4n) is 2.26. The van der Waals surface area contributed by atoms with Crippen molar-refractivity contribution in [2.75, 3.05) is 13.2 Å². The summed E-state index contributed by atoms with van der Waals surface area (Å²) in [6, 6.07) is 8.72. The lowest BCUT2D eigenvalue weighted by Gasteiger charge is -2.22. The first-order valence-corrected chi connectivity index (χ1v) is 6.26. The van der Waals surface area contributed by atoms with Crippen LogP contribution in [0.1, 0.15) is 30.1 Å². The fourth-order valence-corrected chi connectivity index (χ4v) is 2.26. The van der Waals surface area contributed by atoms with Crippen molar-refractivity contribution < 1.29 is 14.3 Å². The van der Waals surface area contributed by atoms with E-state index in [0.717, 1.165) is 6.42 Å². The summed E-state index contributed by atoms with van der Waals surface area (Å²) in [5.41, 5.74) is 0.652. The topological polar surface area (TPSA) is 46.6 Å². The molecule has 4 heteroatoms. The summed E-state index contributed by atoms with van der Waals surface area (Å²) >= 11 is 0. The van der Waals surface area contributed by atoms with Crippen LogP contribution in [0.2, 0.25) is 0 Å². The van der Waals surface area contributed by atoms with E-state index in [1.807, 2.05) is 18.2 Å². The molecule has 1 aliphatic heterocycles. The van der Waals surface area contributed by atoms with E-state index in [4.69, 9.17) is 4.74 Å². The highest BCUT2D eigenvalue weighted by atomic mass is 16.6. The standard InChI is InChI=1S/C14H17NO3/c1-2-18-14(17)15-10-6-9-12(15)13(16)11-7-4-3-5-8-11/h3-5,7-8,12H,2,6,9-10H2,1H3/t12-/m1/s1. The van der Waals surface area contributed by atoms with Crippen LogP contribution in [0.3, 0.4) is 0 Å². The molecule has 2 rings (SSSR count). The van der Waals surface area contributed by atoms with Gasteiger partial charge in [0.05, 0.1) is 12.6 Å². The number of rotatable bonds is 3. The molecule has 0 radical (unpaired) electrons. The van der Waals surface area contributed by atoms with E-state index in [1.54, 1.807) is 24.0 Å². The van der Waals surface area contributed by atoms with Crippen LogP contribution in [0.25, 0.3) is 0 Å². The zero-order valence-electron chi connectivity index (χ0n) is 10.5. The Bertz CT molecular complexity index is 430. The quantitative estimate of drug-likeness (QED) is 0.771. The minimum Gasteiger partial charge on any atom is -0.450 e. The number of carbonyl (C=O) groups excluding carboxylic acids is 2. The maximum atomic E-state index is 12.3. The van der Waals surface area contributed by atoms with Crippen LogP contribution >= 0.6 is 0 Å². The summed E-state index contributed by atoms with van der Waals surface area (Å²) in [6.45, 7) is 2.70. The first-order valence-electron chi connectivity index (χ1n) is 6.26. The number of benzene rings is 1. The van der Waals surface area contributed by atoms with E-state index < -0.39 is 0 Å². The molecular formula is C14H17NO3. The Balaban J connectivity index is 2.12. The molecule has 0 bridgehead atoms. The zero-order chi connectivity index (χ0) is 13.0. The molecule has 1 fully saturated rings. The van der Waals surface area contributed by atoms with Crippen LogP contribution in [0.15, 0.2) is 30.3 Å². The number of hydrogen-bond acceptors (Lipinski definition) is 3. The Morgan fingerprint density at radius 3 is 2.72 bits per heavy atom. The zero-order valence-corrected chi connectivity index (χ0v) is 10.5. The van der Waals surface area contributed by atoms with Crippen molar-refractivity contribution >= 4 is 11.9 Å². The van der Waals surface area contributed by atoms with Gasteiger partial charge in [0.1, 0.15) is 0 Å². The molecule has 1 aromatic carbocycles. The summed E-state index contributed by atoms with van der Waals surface area (Å²) in [4.78, 5) is 25.6. The van der Waals surface area contributed by atoms with E-state index in [1.165, 1.54) is 0 Å². The van der Waals surface area contributed by atoms with Crippen molar-refractivity contribution in [3.8, 4) is 0 Å². The average molecular weight is 247 g/mol. The van der Waals surface area contributed by atoms with Crippen molar-refractivity contribution in [2.45, 2.75) is 25.8 Å². The van der Waals surface area contributed by atoms with Gasteiger partial charge in [-0.15, -0.1) is 0 Å². The van der Waals surface area contributed by atoms with Gasteiger partial charge in [-0.3, -0.25) is 9.69 Å². The van der Waals surface area contributed by atoms with Gasteiger partial charge in [0.2, 0.25) is 0 Å². The van der Waals surface area contributed by atoms with Crippen molar-refractivity contribution in [2.24, 2.45) is 0 Å². The lowest BCUT2D eigenvalue weighted by molar-refractivity contribution is 0.0775. The molecule has 1 saturated heterocycles. The monoisotopic (exact) mass is 247 g/mol. The minimum atomic E-state index is -0.385. The van der Waals surface area contributed by atoms with Crippen LogP contribution in [-0.2, 0) is 4.74 Å². The van der Waals surface area contributed by atoms with Gasteiger partial charge >= 0.3 is 6.09 Å². The van der Waals surface area contributed by atoms with E-state index in [2.05, 4.69) is 0 Å². The minimum absolute atomic E-state index is 0.00107. The van der Waals surface area contributed by atoms with Crippen molar-refractivity contribution in [1.29, 1.82) is 0 Å². The molecule has 0 N–H and O–H groups in total. The Hall–Kier alpha value is -1.84. The third kappa shape index (κ3) is 2.53. The van der Waals surface area contributed by atoms with Crippen LogP contribution < -0.4 is 0 Å². The number of amides is 1. The molecule has 1 aromatic rings. The van der Waals surface area contributed by atoms with Gasteiger partial charge in [0.25, 0.3) is 0 Å². The lowest BCUT2D eigenvalue weighted by atomic mass is 10.0. The second-order valence-corrected chi connectivity index (χ2v) is 4.28. The van der Waals surface area contributed by atoms with Gasteiger partial charge in [-0.05, 0) is 19.8 Å². The number of Topliss-reactive ketones (excluding diaryl/α,β-unsaturated/α-hetero) is 1. The highest BCUT2D eigenvalue weighted by Crippen LogP contribution is 2.22. The maximum Gasteiger partial charge on any atom is 0.410 e. The first-order chi connectivity index (χ1) is 8.74. The number of likely N-dealkylation sites (tertiary alicyclic amines) is 1. The Morgan fingerprint density at radius 1 is 1.33 bits per heavy atom. The van der Waals surface area contributed by atoms with Gasteiger partial charge in [0, 0.05) is 12.1 Å². The smallest absolute Gasteiger partial charge is 0.410 e. The number of nitrogens with zero attached hydrogens (tertiary/aromatic N) is 1. The van der Waals surface area contributed by atoms with Crippen LogP contribution in [0.4, 0.5) is 4.79 Å². The molecule has 0 aliphatic carbocycles. The number of carbonyl (C=O) groups is 2. The summed E-state index contributed by atoms with van der Waals surface area (Å²) < 4.78 is 4.98. The molecule has 1 amide bonds. The normalized spacial score (nSPS) is 18.7. The first kappa shape index (κ1) is 12.6. The molecular weight excluding hydrogens is 230 g/mol. The van der Waals surface area contributed by atoms with Gasteiger partial charge in [0.15, 0.2) is 5.78 Å². The van der Waals surface area contributed by atoms with Crippen molar-refractivity contribution in [3.05, 3.63) is 35.9 Å². The Labute approximate surface area is 107 Å².